The molecule has 2 aliphatic rings. The minimum Gasteiger partial charge on any atom is -0.373 e. The summed E-state index contributed by atoms with van der Waals surface area (Å²) in [5, 5.41) is 0. The molecular formula is C13H13FN2OS. The first kappa shape index (κ1) is 10.7. The van der Waals surface area contributed by atoms with Crippen LogP contribution in [0.5, 0.6) is 0 Å². The van der Waals surface area contributed by atoms with Crippen LogP contribution in [0, 0.1) is 10.6 Å². The van der Waals surface area contributed by atoms with Crippen LogP contribution < -0.4 is 0 Å². The van der Waals surface area contributed by atoms with Gasteiger partial charge in [0.25, 0.3) is 0 Å². The lowest BCUT2D eigenvalue weighted by Crippen LogP contribution is -2.20. The molecule has 2 saturated heterocycles. The molecule has 1 aromatic carbocycles. The van der Waals surface area contributed by atoms with E-state index in [4.69, 9.17) is 17.0 Å². The maximum atomic E-state index is 13.4. The minimum atomic E-state index is -0.227. The van der Waals surface area contributed by atoms with Gasteiger partial charge in [-0.05, 0) is 49.7 Å². The fourth-order valence-electron chi connectivity index (χ4n) is 3.31. The van der Waals surface area contributed by atoms with Crippen molar-refractivity contribution in [1.29, 1.82) is 0 Å². The molecule has 1 N–H and O–H groups in total. The third-order valence-corrected chi connectivity index (χ3v) is 4.38. The zero-order chi connectivity index (χ0) is 12.3. The van der Waals surface area contributed by atoms with Crippen LogP contribution in [-0.4, -0.2) is 21.8 Å². The van der Waals surface area contributed by atoms with E-state index in [1.807, 2.05) is 4.57 Å². The quantitative estimate of drug-likeness (QED) is 0.801. The van der Waals surface area contributed by atoms with Crippen molar-refractivity contribution in [3.8, 4) is 0 Å². The molecule has 3 unspecified atom stereocenters. The number of nitrogens with one attached hydrogen (secondary N) is 1. The van der Waals surface area contributed by atoms with Crippen LogP contribution in [0.2, 0.25) is 0 Å². The van der Waals surface area contributed by atoms with Crippen LogP contribution in [0.1, 0.15) is 25.3 Å². The molecule has 18 heavy (non-hydrogen) atoms. The van der Waals surface area contributed by atoms with E-state index < -0.39 is 0 Å². The summed E-state index contributed by atoms with van der Waals surface area (Å²) in [4.78, 5) is 3.15. The summed E-state index contributed by atoms with van der Waals surface area (Å²) in [5.41, 5.74) is 1.74. The van der Waals surface area contributed by atoms with Gasteiger partial charge in [0, 0.05) is 0 Å². The van der Waals surface area contributed by atoms with E-state index >= 15 is 0 Å². The summed E-state index contributed by atoms with van der Waals surface area (Å²) in [6.07, 6.45) is 3.82. The van der Waals surface area contributed by atoms with Crippen molar-refractivity contribution in [1.82, 2.24) is 9.55 Å². The lowest BCUT2D eigenvalue weighted by Gasteiger charge is -2.20. The maximum absolute atomic E-state index is 13.4. The largest absolute Gasteiger partial charge is 0.373 e. The molecule has 3 nitrogen and oxygen atoms in total. The van der Waals surface area contributed by atoms with Crippen LogP contribution in [0.25, 0.3) is 11.0 Å². The summed E-state index contributed by atoms with van der Waals surface area (Å²) < 4.78 is 22.0. The van der Waals surface area contributed by atoms with Crippen molar-refractivity contribution in [3.63, 3.8) is 0 Å². The second-order valence-corrected chi connectivity index (χ2v) is 5.53. The second-order valence-electron chi connectivity index (χ2n) is 5.14. The maximum Gasteiger partial charge on any atom is 0.178 e. The zero-order valence-electron chi connectivity index (χ0n) is 9.73. The van der Waals surface area contributed by atoms with Crippen molar-refractivity contribution in [2.45, 2.75) is 37.5 Å². The third-order valence-electron chi connectivity index (χ3n) is 4.09. The summed E-state index contributed by atoms with van der Waals surface area (Å²) in [6, 6.07) is 5.00. The lowest BCUT2D eigenvalue weighted by molar-refractivity contribution is 0.0941. The number of H-pyrrole nitrogens is 1. The number of imidazole rings is 1. The van der Waals surface area contributed by atoms with Gasteiger partial charge in [-0.2, -0.15) is 0 Å². The van der Waals surface area contributed by atoms with E-state index in [9.17, 15) is 4.39 Å². The SMILES string of the molecule is Fc1ccc2[nH]c(=S)n(C3CC4CCC3O4)c2c1. The van der Waals surface area contributed by atoms with E-state index in [0.29, 0.717) is 10.9 Å². The Morgan fingerprint density at radius 1 is 1.39 bits per heavy atom. The van der Waals surface area contributed by atoms with Crippen LogP contribution in [0.3, 0.4) is 0 Å². The van der Waals surface area contributed by atoms with Crippen LogP contribution in [0.4, 0.5) is 4.39 Å². The highest BCUT2D eigenvalue weighted by molar-refractivity contribution is 7.71. The number of hydrogen-bond acceptors (Lipinski definition) is 2. The summed E-state index contributed by atoms with van der Waals surface area (Å²) in [7, 11) is 0. The molecule has 94 valence electrons. The molecule has 4 rings (SSSR count). The molecule has 3 atom stereocenters. The first-order valence-electron chi connectivity index (χ1n) is 6.27. The number of hydrogen-bond donors (Lipinski definition) is 1. The standard InChI is InChI=1S/C13H13FN2OS/c14-7-1-3-9-10(5-7)16(13(18)15-9)11-6-8-2-4-12(11)17-8/h1,3,5,8,11-12H,2,4,6H2,(H,15,18). The van der Waals surface area contributed by atoms with Crippen LogP contribution in [-0.2, 0) is 4.74 Å². The van der Waals surface area contributed by atoms with Crippen molar-refractivity contribution < 1.29 is 9.13 Å². The smallest absolute Gasteiger partial charge is 0.178 e. The Bertz CT molecular complexity index is 677. The van der Waals surface area contributed by atoms with Crippen molar-refractivity contribution in [2.75, 3.05) is 0 Å². The van der Waals surface area contributed by atoms with Gasteiger partial charge in [0.1, 0.15) is 5.82 Å². The second kappa shape index (κ2) is 3.65. The van der Waals surface area contributed by atoms with Gasteiger partial charge in [0.2, 0.25) is 0 Å². The first-order valence-corrected chi connectivity index (χ1v) is 6.68. The Balaban J connectivity index is 1.91. The number of aromatic amines is 1. The van der Waals surface area contributed by atoms with E-state index in [-0.39, 0.29) is 18.0 Å². The highest BCUT2D eigenvalue weighted by Gasteiger charge is 2.42. The van der Waals surface area contributed by atoms with Gasteiger partial charge in [-0.15, -0.1) is 0 Å². The molecule has 0 radical (unpaired) electrons. The monoisotopic (exact) mass is 264 g/mol. The molecular weight excluding hydrogens is 251 g/mol. The molecule has 0 amide bonds. The predicted octanol–water partition coefficient (Wildman–Crippen LogP) is 3.33. The molecule has 0 aliphatic carbocycles. The number of ether oxygens (including phenoxy) is 1. The lowest BCUT2D eigenvalue weighted by atomic mass is 9.95. The van der Waals surface area contributed by atoms with Gasteiger partial charge in [0.05, 0.1) is 29.3 Å². The molecule has 5 heteroatoms. The molecule has 2 fully saturated rings. The Morgan fingerprint density at radius 2 is 2.28 bits per heavy atom. The van der Waals surface area contributed by atoms with E-state index in [1.54, 1.807) is 12.1 Å². The predicted molar refractivity (Wildman–Crippen MR) is 68.6 cm³/mol. The molecule has 2 bridgehead atoms. The first-order chi connectivity index (χ1) is 8.72. The number of halogens is 1. The zero-order valence-corrected chi connectivity index (χ0v) is 10.5. The normalized spacial score (nSPS) is 30.4. The fourth-order valence-corrected chi connectivity index (χ4v) is 3.65. The molecule has 1 aromatic heterocycles. The topological polar surface area (TPSA) is 29.9 Å². The summed E-state index contributed by atoms with van der Waals surface area (Å²) >= 11 is 5.38. The molecule has 3 heterocycles. The average molecular weight is 264 g/mol. The highest BCUT2D eigenvalue weighted by Crippen LogP contribution is 2.42. The Labute approximate surface area is 109 Å². The van der Waals surface area contributed by atoms with E-state index in [1.165, 1.54) is 6.07 Å². The van der Waals surface area contributed by atoms with E-state index in [2.05, 4.69) is 4.98 Å². The number of fused-ring (bicyclic) bond motifs is 3. The Kier molecular flexibility index (Phi) is 2.17. The van der Waals surface area contributed by atoms with Crippen molar-refractivity contribution in [3.05, 3.63) is 28.8 Å². The molecule has 0 saturated carbocycles. The van der Waals surface area contributed by atoms with Gasteiger partial charge in [-0.3, -0.25) is 0 Å². The van der Waals surface area contributed by atoms with Gasteiger partial charge in [-0.25, -0.2) is 4.39 Å². The molecule has 0 spiro atoms. The fraction of sp³-hybridized carbons (Fsp3) is 0.462. The van der Waals surface area contributed by atoms with Gasteiger partial charge >= 0.3 is 0 Å². The molecule has 2 aromatic rings. The number of benzene rings is 1. The Morgan fingerprint density at radius 3 is 3.00 bits per heavy atom. The number of nitrogens with zero attached hydrogens (tertiary/aromatic N) is 1. The van der Waals surface area contributed by atoms with Gasteiger partial charge in [0.15, 0.2) is 4.77 Å². The number of rotatable bonds is 1. The Hall–Kier alpha value is -1.20. The summed E-state index contributed by atoms with van der Waals surface area (Å²) in [6.45, 7) is 0. The van der Waals surface area contributed by atoms with Crippen LogP contribution in [0.15, 0.2) is 18.2 Å². The average Bonchev–Trinajstić information content (AvgIpc) is 3.01. The van der Waals surface area contributed by atoms with E-state index in [0.717, 1.165) is 30.3 Å². The molecule has 2 aliphatic heterocycles. The summed E-state index contributed by atoms with van der Waals surface area (Å²) in [5.74, 6) is -0.227. The van der Waals surface area contributed by atoms with Crippen molar-refractivity contribution >= 4 is 23.3 Å². The minimum absolute atomic E-state index is 0.227. The third kappa shape index (κ3) is 1.40. The van der Waals surface area contributed by atoms with Crippen molar-refractivity contribution in [2.24, 2.45) is 0 Å². The highest BCUT2D eigenvalue weighted by atomic mass is 32.1. The van der Waals surface area contributed by atoms with Gasteiger partial charge in [-0.1, -0.05) is 0 Å². The number of aromatic nitrogens is 2. The van der Waals surface area contributed by atoms with Crippen LogP contribution >= 0.6 is 12.2 Å². The van der Waals surface area contributed by atoms with Gasteiger partial charge < -0.3 is 14.3 Å².